The molecule has 6 unspecified atom stereocenters. The Labute approximate surface area is 155 Å². The van der Waals surface area contributed by atoms with Gasteiger partial charge in [-0.05, 0) is 12.0 Å². The number of rotatable bonds is 5. The first-order valence-electron chi connectivity index (χ1n) is 8.62. The summed E-state index contributed by atoms with van der Waals surface area (Å²) in [6.07, 6.45) is -4.73. The van der Waals surface area contributed by atoms with E-state index in [0.717, 1.165) is 0 Å². The highest BCUT2D eigenvalue weighted by atomic mass is 16.8. The number of hydrogen-bond donors (Lipinski definition) is 5. The third kappa shape index (κ3) is 3.61. The molecular formula is C17H24O10. The van der Waals surface area contributed by atoms with E-state index < -0.39 is 55.5 Å². The molecule has 0 radical (unpaired) electrons. The van der Waals surface area contributed by atoms with Crippen molar-refractivity contribution in [3.8, 4) is 0 Å². The second-order valence-corrected chi connectivity index (χ2v) is 6.71. The standard InChI is InChI=1S/C17H24O10/c1-24-15(23)9-6-25-16(11-7(4-18)2-3-8(9)11)27-17-14(22)13(21)12(20)10(5-19)26-17/h2,6,8,10-14,16-22H,3-5H2,1H3/t8-,10?,11+,12?,13?,14?,16?,17?/m0/s1. The minimum atomic E-state index is -1.59. The van der Waals surface area contributed by atoms with Crippen molar-refractivity contribution in [2.75, 3.05) is 20.3 Å². The zero-order valence-electron chi connectivity index (χ0n) is 14.7. The summed E-state index contributed by atoms with van der Waals surface area (Å²) >= 11 is 0. The van der Waals surface area contributed by atoms with E-state index in [1.54, 1.807) is 6.08 Å². The molecule has 0 aromatic rings. The van der Waals surface area contributed by atoms with Crippen LogP contribution in [-0.4, -0.2) is 88.8 Å². The third-order valence-electron chi connectivity index (χ3n) is 5.24. The van der Waals surface area contributed by atoms with Crippen LogP contribution in [0, 0.1) is 11.8 Å². The predicted octanol–water partition coefficient (Wildman–Crippen LogP) is -2.23. The molecule has 0 spiro atoms. The van der Waals surface area contributed by atoms with Gasteiger partial charge in [0.25, 0.3) is 0 Å². The maximum absolute atomic E-state index is 12.0. The van der Waals surface area contributed by atoms with E-state index in [2.05, 4.69) is 0 Å². The van der Waals surface area contributed by atoms with Gasteiger partial charge in [-0.15, -0.1) is 0 Å². The Morgan fingerprint density at radius 2 is 1.93 bits per heavy atom. The lowest BCUT2D eigenvalue weighted by molar-refractivity contribution is -0.339. The fourth-order valence-corrected chi connectivity index (χ4v) is 3.73. The molecule has 10 nitrogen and oxygen atoms in total. The van der Waals surface area contributed by atoms with Crippen molar-refractivity contribution in [1.29, 1.82) is 0 Å². The normalized spacial score (nSPS) is 41.3. The number of carbonyl (C=O) groups is 1. The summed E-state index contributed by atoms with van der Waals surface area (Å²) in [4.78, 5) is 12.0. The second-order valence-electron chi connectivity index (χ2n) is 6.71. The van der Waals surface area contributed by atoms with Gasteiger partial charge in [-0.1, -0.05) is 6.08 Å². The molecule has 0 aromatic carbocycles. The largest absolute Gasteiger partial charge is 0.471 e. The van der Waals surface area contributed by atoms with E-state index in [4.69, 9.17) is 18.9 Å². The zero-order chi connectivity index (χ0) is 19.7. The predicted molar refractivity (Wildman–Crippen MR) is 86.6 cm³/mol. The number of fused-ring (bicyclic) bond motifs is 1. The summed E-state index contributed by atoms with van der Waals surface area (Å²) in [5.41, 5.74) is 0.903. The van der Waals surface area contributed by atoms with Gasteiger partial charge in [-0.3, -0.25) is 0 Å². The Hall–Kier alpha value is -1.53. The monoisotopic (exact) mass is 388 g/mol. The summed E-state index contributed by atoms with van der Waals surface area (Å²) in [6, 6.07) is 0. The van der Waals surface area contributed by atoms with Crippen LogP contribution in [0.4, 0.5) is 0 Å². The number of carbonyl (C=O) groups excluding carboxylic acids is 1. The Bertz CT molecular complexity index is 615. The average molecular weight is 388 g/mol. The average Bonchev–Trinajstić information content (AvgIpc) is 3.12. The molecule has 3 aliphatic rings. The molecule has 27 heavy (non-hydrogen) atoms. The van der Waals surface area contributed by atoms with Crippen molar-refractivity contribution in [1.82, 2.24) is 0 Å². The molecule has 1 fully saturated rings. The number of esters is 1. The summed E-state index contributed by atoms with van der Waals surface area (Å²) in [7, 11) is 1.25. The SMILES string of the molecule is COC(=O)C1=COC(OC2OC(CO)C(O)C(O)C2O)[C@@H]2C(CO)=CC[C@@H]12. The van der Waals surface area contributed by atoms with Crippen molar-refractivity contribution in [2.24, 2.45) is 11.8 Å². The highest BCUT2D eigenvalue weighted by Crippen LogP contribution is 2.44. The molecule has 152 valence electrons. The van der Waals surface area contributed by atoms with Crippen LogP contribution < -0.4 is 0 Å². The Kier molecular flexibility index (Phi) is 6.16. The fraction of sp³-hybridized carbons (Fsp3) is 0.706. The fourth-order valence-electron chi connectivity index (χ4n) is 3.73. The van der Waals surface area contributed by atoms with Crippen LogP contribution in [-0.2, 0) is 23.7 Å². The first-order chi connectivity index (χ1) is 12.9. The maximum Gasteiger partial charge on any atom is 0.337 e. The van der Waals surface area contributed by atoms with Crippen LogP contribution in [0.5, 0.6) is 0 Å². The second kappa shape index (κ2) is 8.23. The van der Waals surface area contributed by atoms with Gasteiger partial charge in [0.05, 0.1) is 38.1 Å². The van der Waals surface area contributed by atoms with Gasteiger partial charge in [-0.25, -0.2) is 4.79 Å². The Morgan fingerprint density at radius 3 is 2.56 bits per heavy atom. The minimum Gasteiger partial charge on any atom is -0.471 e. The van der Waals surface area contributed by atoms with E-state index in [0.29, 0.717) is 17.6 Å². The summed E-state index contributed by atoms with van der Waals surface area (Å²) in [6.45, 7) is -0.857. The highest BCUT2D eigenvalue weighted by molar-refractivity contribution is 5.89. The third-order valence-corrected chi connectivity index (χ3v) is 5.24. The van der Waals surface area contributed by atoms with Crippen LogP contribution in [0.3, 0.4) is 0 Å². The topological polar surface area (TPSA) is 155 Å². The van der Waals surface area contributed by atoms with E-state index >= 15 is 0 Å². The van der Waals surface area contributed by atoms with Crippen LogP contribution in [0.15, 0.2) is 23.5 Å². The van der Waals surface area contributed by atoms with Crippen molar-refractivity contribution in [2.45, 2.75) is 43.4 Å². The lowest BCUT2D eigenvalue weighted by Crippen LogP contribution is -2.60. The highest BCUT2D eigenvalue weighted by Gasteiger charge is 2.49. The molecule has 0 bridgehead atoms. The van der Waals surface area contributed by atoms with Crippen LogP contribution in [0.2, 0.25) is 0 Å². The van der Waals surface area contributed by atoms with Crippen LogP contribution >= 0.6 is 0 Å². The quantitative estimate of drug-likeness (QED) is 0.258. The molecular weight excluding hydrogens is 364 g/mol. The van der Waals surface area contributed by atoms with Crippen molar-refractivity contribution in [3.05, 3.63) is 23.5 Å². The van der Waals surface area contributed by atoms with Crippen molar-refractivity contribution >= 4 is 5.97 Å². The molecule has 2 heterocycles. The van der Waals surface area contributed by atoms with E-state index in [-0.39, 0.29) is 12.5 Å². The van der Waals surface area contributed by atoms with Gasteiger partial charge in [-0.2, -0.15) is 0 Å². The summed E-state index contributed by atoms with van der Waals surface area (Å²) < 4.78 is 21.3. The number of allylic oxidation sites excluding steroid dienone is 1. The smallest absolute Gasteiger partial charge is 0.337 e. The van der Waals surface area contributed by atoms with Gasteiger partial charge in [0.15, 0.2) is 6.29 Å². The first-order valence-corrected chi connectivity index (χ1v) is 8.62. The minimum absolute atomic E-state index is 0.270. The number of methoxy groups -OCH3 is 1. The first kappa shape index (κ1) is 20.2. The van der Waals surface area contributed by atoms with Gasteiger partial charge in [0.2, 0.25) is 6.29 Å². The number of aliphatic hydroxyl groups is 5. The van der Waals surface area contributed by atoms with Gasteiger partial charge in [0, 0.05) is 5.92 Å². The van der Waals surface area contributed by atoms with Crippen LogP contribution in [0.25, 0.3) is 0 Å². The number of aliphatic hydroxyl groups excluding tert-OH is 5. The Balaban J connectivity index is 1.80. The summed E-state index contributed by atoms with van der Waals surface area (Å²) in [5.74, 6) is -1.42. The summed E-state index contributed by atoms with van der Waals surface area (Å²) in [5, 5.41) is 48.8. The molecule has 1 aliphatic carbocycles. The zero-order valence-corrected chi connectivity index (χ0v) is 14.7. The molecule has 1 saturated heterocycles. The van der Waals surface area contributed by atoms with Gasteiger partial charge < -0.3 is 44.5 Å². The molecule has 0 amide bonds. The van der Waals surface area contributed by atoms with Gasteiger partial charge >= 0.3 is 5.97 Å². The van der Waals surface area contributed by atoms with E-state index in [1.165, 1.54) is 13.4 Å². The molecule has 2 aliphatic heterocycles. The molecule has 8 atom stereocenters. The number of hydrogen-bond acceptors (Lipinski definition) is 10. The molecule has 10 heteroatoms. The Morgan fingerprint density at radius 1 is 1.19 bits per heavy atom. The van der Waals surface area contributed by atoms with Crippen molar-refractivity contribution in [3.63, 3.8) is 0 Å². The van der Waals surface area contributed by atoms with E-state index in [9.17, 15) is 30.3 Å². The lowest BCUT2D eigenvalue weighted by Gasteiger charge is -2.42. The maximum atomic E-state index is 12.0. The molecule has 5 N–H and O–H groups in total. The number of ether oxygens (including phenoxy) is 4. The molecule has 0 aromatic heterocycles. The molecule has 3 rings (SSSR count). The molecule has 0 saturated carbocycles. The van der Waals surface area contributed by atoms with Crippen LogP contribution in [0.1, 0.15) is 6.42 Å². The van der Waals surface area contributed by atoms with Crippen molar-refractivity contribution < 1.29 is 49.3 Å². The van der Waals surface area contributed by atoms with E-state index in [1.807, 2.05) is 0 Å². The van der Waals surface area contributed by atoms with Gasteiger partial charge in [0.1, 0.15) is 24.4 Å². The lowest BCUT2D eigenvalue weighted by atomic mass is 9.83.